The highest BCUT2D eigenvalue weighted by molar-refractivity contribution is 7.15. The molecule has 1 aliphatic heterocycles. The minimum Gasteiger partial charge on any atom is -0.376 e. The molecule has 1 fully saturated rings. The molecule has 0 spiro atoms. The average Bonchev–Trinajstić information content (AvgIpc) is 3.83. The normalized spacial score (nSPS) is 14.3. The summed E-state index contributed by atoms with van der Waals surface area (Å²) < 4.78 is 7.62. The Bertz CT molecular complexity index is 2000. The molecular weight excluding hydrogens is 598 g/mol. The van der Waals surface area contributed by atoms with Gasteiger partial charge >= 0.3 is 0 Å². The molecule has 10 nitrogen and oxygen atoms in total. The van der Waals surface area contributed by atoms with Crippen LogP contribution in [-0.4, -0.2) is 50.4 Å². The van der Waals surface area contributed by atoms with E-state index in [0.717, 1.165) is 46.9 Å². The number of fused-ring (bicyclic) bond motifs is 1. The average molecular weight is 630 g/mol. The van der Waals surface area contributed by atoms with Crippen molar-refractivity contribution in [3.63, 3.8) is 0 Å². The molecule has 3 aromatic carbocycles. The fraction of sp³-hybridized carbons (Fsp3) is 0.171. The highest BCUT2D eigenvalue weighted by Gasteiger charge is 2.20. The highest BCUT2D eigenvalue weighted by atomic mass is 32.1. The summed E-state index contributed by atoms with van der Waals surface area (Å²) in [4.78, 5) is 40.6. The van der Waals surface area contributed by atoms with Crippen molar-refractivity contribution in [1.29, 1.82) is 0 Å². The lowest BCUT2D eigenvalue weighted by atomic mass is 10.1. The zero-order valence-corrected chi connectivity index (χ0v) is 25.7. The minimum absolute atomic E-state index is 0.0744. The van der Waals surface area contributed by atoms with Crippen LogP contribution in [0.1, 0.15) is 28.8 Å². The van der Waals surface area contributed by atoms with E-state index in [1.54, 1.807) is 18.3 Å². The Morgan fingerprint density at radius 2 is 1.83 bits per heavy atom. The Labute approximate surface area is 269 Å². The molecule has 0 aliphatic carbocycles. The first-order chi connectivity index (χ1) is 22.6. The molecule has 2 amide bonds. The summed E-state index contributed by atoms with van der Waals surface area (Å²) in [6.45, 7) is 1.24. The fourth-order valence-corrected chi connectivity index (χ4v) is 6.21. The number of ether oxygens (including phenoxy) is 1. The van der Waals surface area contributed by atoms with Crippen molar-refractivity contribution in [1.82, 2.24) is 24.7 Å². The van der Waals surface area contributed by atoms with Crippen molar-refractivity contribution in [2.45, 2.75) is 25.4 Å². The van der Waals surface area contributed by atoms with Crippen molar-refractivity contribution in [3.05, 3.63) is 114 Å². The van der Waals surface area contributed by atoms with Gasteiger partial charge in [0, 0.05) is 53.4 Å². The molecule has 0 unspecified atom stereocenters. The van der Waals surface area contributed by atoms with Crippen LogP contribution in [0.4, 0.5) is 17.3 Å². The largest absolute Gasteiger partial charge is 0.376 e. The number of hydrogen-bond donors (Lipinski definition) is 3. The van der Waals surface area contributed by atoms with E-state index in [9.17, 15) is 9.59 Å². The van der Waals surface area contributed by atoms with E-state index in [1.165, 1.54) is 11.3 Å². The smallest absolute Gasteiger partial charge is 0.251 e. The Kier molecular flexibility index (Phi) is 8.49. The molecule has 0 radical (unpaired) electrons. The van der Waals surface area contributed by atoms with Crippen LogP contribution in [0, 0.1) is 0 Å². The van der Waals surface area contributed by atoms with Gasteiger partial charge in [-0.15, -0.1) is 11.3 Å². The van der Waals surface area contributed by atoms with E-state index >= 15 is 0 Å². The number of amides is 2. The second-order valence-electron chi connectivity index (χ2n) is 11.0. The molecule has 6 aromatic rings. The van der Waals surface area contributed by atoms with E-state index in [4.69, 9.17) is 14.7 Å². The molecule has 0 saturated carbocycles. The van der Waals surface area contributed by atoms with E-state index < -0.39 is 0 Å². The Balaban J connectivity index is 1.12. The third-order valence-corrected chi connectivity index (χ3v) is 8.44. The molecule has 46 heavy (non-hydrogen) atoms. The monoisotopic (exact) mass is 629 g/mol. The van der Waals surface area contributed by atoms with Crippen LogP contribution >= 0.6 is 11.3 Å². The van der Waals surface area contributed by atoms with Crippen molar-refractivity contribution in [3.8, 4) is 22.6 Å². The van der Waals surface area contributed by atoms with Gasteiger partial charge in [-0.3, -0.25) is 14.0 Å². The standard InChI is InChI=1S/C35H31N7O3S/c43-30(19-23-7-2-1-3-8-23)38-26-11-4-9-24(20-26)31-32(42-16-18-46-35(42)41-31)29-14-15-36-34(40-29)39-27-12-5-10-25(21-27)33(44)37-22-28-13-6-17-45-28/h1-5,7-12,14-16,18,20-21,28H,6,13,17,19,22H2,(H,37,44)(H,38,43)(H,36,39,40)/t28-/m0/s1. The molecular formula is C35H31N7O3S. The third kappa shape index (κ3) is 6.65. The van der Waals surface area contributed by atoms with Gasteiger partial charge in [-0.25, -0.2) is 15.0 Å². The van der Waals surface area contributed by atoms with Crippen molar-refractivity contribution in [2.75, 3.05) is 23.8 Å². The number of aromatic nitrogens is 4. The summed E-state index contributed by atoms with van der Waals surface area (Å²) in [5, 5.41) is 11.2. The number of hydrogen-bond acceptors (Lipinski definition) is 8. The number of thiazole rings is 1. The maximum atomic E-state index is 12.8. The second kappa shape index (κ2) is 13.3. The maximum Gasteiger partial charge on any atom is 0.251 e. The molecule has 4 heterocycles. The summed E-state index contributed by atoms with van der Waals surface area (Å²) in [7, 11) is 0. The quantitative estimate of drug-likeness (QED) is 0.161. The molecule has 11 heteroatoms. The van der Waals surface area contributed by atoms with Crippen molar-refractivity contribution in [2.24, 2.45) is 0 Å². The lowest BCUT2D eigenvalue weighted by molar-refractivity contribution is -0.115. The molecule has 1 atom stereocenters. The summed E-state index contributed by atoms with van der Waals surface area (Å²) in [5.74, 6) is 0.133. The molecule has 3 aromatic heterocycles. The van der Waals surface area contributed by atoms with Gasteiger partial charge in [-0.1, -0.05) is 48.5 Å². The van der Waals surface area contributed by atoms with E-state index in [-0.39, 0.29) is 24.3 Å². The van der Waals surface area contributed by atoms with Gasteiger partial charge in [0.25, 0.3) is 5.91 Å². The minimum atomic E-state index is -0.156. The predicted octanol–water partition coefficient (Wildman–Crippen LogP) is 6.35. The SMILES string of the molecule is O=C(Cc1ccccc1)Nc1cccc(-c2nc3sccn3c2-c2ccnc(Nc3cccc(C(=O)NC[C@@H]4CCCO4)c3)n2)c1. The van der Waals surface area contributed by atoms with Gasteiger partial charge in [0.15, 0.2) is 4.96 Å². The van der Waals surface area contributed by atoms with Crippen LogP contribution in [0.5, 0.6) is 0 Å². The van der Waals surface area contributed by atoms with Crippen molar-refractivity contribution >= 4 is 45.4 Å². The van der Waals surface area contributed by atoms with Crippen molar-refractivity contribution < 1.29 is 14.3 Å². The van der Waals surface area contributed by atoms with Gasteiger partial charge in [-0.2, -0.15) is 0 Å². The number of benzene rings is 3. The number of carbonyl (C=O) groups excluding carboxylic acids is 2. The molecule has 7 rings (SSSR count). The van der Waals surface area contributed by atoms with Crippen LogP contribution in [0.2, 0.25) is 0 Å². The Morgan fingerprint density at radius 3 is 2.70 bits per heavy atom. The van der Waals surface area contributed by atoms with Gasteiger partial charge < -0.3 is 20.7 Å². The molecule has 0 bridgehead atoms. The van der Waals surface area contributed by atoms with Crippen LogP contribution in [0.25, 0.3) is 27.6 Å². The number of anilines is 3. The first-order valence-electron chi connectivity index (χ1n) is 15.1. The van der Waals surface area contributed by atoms with Gasteiger partial charge in [0.1, 0.15) is 5.69 Å². The second-order valence-corrected chi connectivity index (χ2v) is 11.8. The number of carbonyl (C=O) groups is 2. The van der Waals surface area contributed by atoms with Crippen LogP contribution in [0.15, 0.2) is 103 Å². The topological polar surface area (TPSA) is 123 Å². The third-order valence-electron chi connectivity index (χ3n) is 7.68. The number of nitrogens with one attached hydrogen (secondary N) is 3. The Morgan fingerprint density at radius 1 is 0.957 bits per heavy atom. The molecule has 1 aliphatic rings. The first kappa shape index (κ1) is 29.3. The summed E-state index contributed by atoms with van der Waals surface area (Å²) in [6, 6.07) is 26.4. The fourth-order valence-electron chi connectivity index (χ4n) is 5.49. The first-order valence-corrected chi connectivity index (χ1v) is 16.0. The van der Waals surface area contributed by atoms with E-state index in [1.807, 2.05) is 88.8 Å². The highest BCUT2D eigenvalue weighted by Crippen LogP contribution is 2.35. The molecule has 230 valence electrons. The lowest BCUT2D eigenvalue weighted by Crippen LogP contribution is -2.31. The zero-order chi connectivity index (χ0) is 31.3. The van der Waals surface area contributed by atoms with Gasteiger partial charge in [0.2, 0.25) is 11.9 Å². The number of nitrogens with zero attached hydrogens (tertiary/aromatic N) is 4. The summed E-state index contributed by atoms with van der Waals surface area (Å²) >= 11 is 1.53. The zero-order valence-electron chi connectivity index (χ0n) is 24.8. The lowest BCUT2D eigenvalue weighted by Gasteiger charge is -2.12. The summed E-state index contributed by atoms with van der Waals surface area (Å²) in [5.41, 5.74) is 5.91. The van der Waals surface area contributed by atoms with Crippen LogP contribution in [0.3, 0.4) is 0 Å². The van der Waals surface area contributed by atoms with Crippen LogP contribution in [-0.2, 0) is 16.0 Å². The van der Waals surface area contributed by atoms with E-state index in [2.05, 4.69) is 20.9 Å². The maximum absolute atomic E-state index is 12.8. The van der Waals surface area contributed by atoms with Gasteiger partial charge in [0.05, 0.1) is 23.9 Å². The molecule has 3 N–H and O–H groups in total. The summed E-state index contributed by atoms with van der Waals surface area (Å²) in [6.07, 6.45) is 6.01. The molecule has 1 saturated heterocycles. The number of rotatable bonds is 10. The predicted molar refractivity (Wildman–Crippen MR) is 179 cm³/mol. The van der Waals surface area contributed by atoms with E-state index in [0.29, 0.717) is 35.1 Å². The number of imidazole rings is 1. The Hall–Kier alpha value is -5.39. The van der Waals surface area contributed by atoms with Gasteiger partial charge in [-0.05, 0) is 54.8 Å². The van der Waals surface area contributed by atoms with Crippen LogP contribution < -0.4 is 16.0 Å².